The number of rotatable bonds is 9. The average Bonchev–Trinajstić information content (AvgIpc) is 3.62. The third kappa shape index (κ3) is 4.70. The van der Waals surface area contributed by atoms with Crippen molar-refractivity contribution in [1.29, 1.82) is 0 Å². The summed E-state index contributed by atoms with van der Waals surface area (Å²) < 4.78 is 16.0. The molecule has 4 aromatic rings. The lowest BCUT2D eigenvalue weighted by molar-refractivity contribution is 0.0952. The van der Waals surface area contributed by atoms with E-state index >= 15 is 0 Å². The molecule has 0 radical (unpaired) electrons. The number of pyridine rings is 2. The van der Waals surface area contributed by atoms with Crippen LogP contribution in [0.3, 0.4) is 0 Å². The molecule has 5 rings (SSSR count). The van der Waals surface area contributed by atoms with Crippen LogP contribution in [0.1, 0.15) is 40.4 Å². The van der Waals surface area contributed by atoms with Gasteiger partial charge in [0.25, 0.3) is 11.6 Å². The van der Waals surface area contributed by atoms with Gasteiger partial charge in [-0.2, -0.15) is 0 Å². The van der Waals surface area contributed by atoms with Gasteiger partial charge < -0.3 is 19.3 Å². The summed E-state index contributed by atoms with van der Waals surface area (Å²) in [7, 11) is 1.62. The van der Waals surface area contributed by atoms with E-state index in [1.54, 1.807) is 19.4 Å². The molecule has 0 aliphatic heterocycles. The van der Waals surface area contributed by atoms with E-state index in [2.05, 4.69) is 20.4 Å². The maximum Gasteiger partial charge on any atom is 0.259 e. The number of fused-ring (bicyclic) bond motifs is 1. The molecule has 1 aliphatic rings. The first kappa shape index (κ1) is 21.1. The Morgan fingerprint density at radius 1 is 1.15 bits per heavy atom. The highest BCUT2D eigenvalue weighted by Crippen LogP contribution is 2.41. The summed E-state index contributed by atoms with van der Waals surface area (Å²) in [4.78, 5) is 22.2. The van der Waals surface area contributed by atoms with E-state index in [1.807, 2.05) is 42.5 Å². The molecule has 168 valence electrons. The van der Waals surface area contributed by atoms with Gasteiger partial charge in [-0.3, -0.25) is 4.79 Å². The minimum atomic E-state index is -0.204. The number of ether oxygens (including phenoxy) is 2. The zero-order chi connectivity index (χ0) is 22.6. The molecule has 0 bridgehead atoms. The maximum absolute atomic E-state index is 13.3. The first-order chi connectivity index (χ1) is 16.2. The van der Waals surface area contributed by atoms with Gasteiger partial charge in [-0.05, 0) is 24.5 Å². The molecule has 1 fully saturated rings. The van der Waals surface area contributed by atoms with Crippen molar-refractivity contribution in [3.63, 3.8) is 0 Å². The number of amides is 1. The SMILES string of the molecule is COCCOc1ccc(CNC(=O)c2cc(C3CC3)nc3onc(-c4ccccc4)c23)cn1. The molecule has 0 spiro atoms. The fourth-order valence-corrected chi connectivity index (χ4v) is 3.64. The number of methoxy groups -OCH3 is 1. The Hall–Kier alpha value is -3.78. The molecule has 33 heavy (non-hydrogen) atoms. The minimum Gasteiger partial charge on any atom is -0.475 e. The summed E-state index contributed by atoms with van der Waals surface area (Å²) in [5.41, 5.74) is 4.15. The molecule has 1 aliphatic carbocycles. The largest absolute Gasteiger partial charge is 0.475 e. The van der Waals surface area contributed by atoms with Crippen molar-refractivity contribution >= 4 is 17.0 Å². The Kier molecular flexibility index (Phi) is 5.99. The second-order valence-corrected chi connectivity index (χ2v) is 7.97. The van der Waals surface area contributed by atoms with E-state index in [0.29, 0.717) is 53.9 Å². The van der Waals surface area contributed by atoms with Gasteiger partial charge in [-0.25, -0.2) is 9.97 Å². The van der Waals surface area contributed by atoms with Crippen molar-refractivity contribution in [1.82, 2.24) is 20.4 Å². The van der Waals surface area contributed by atoms with Crippen LogP contribution in [0, 0.1) is 0 Å². The quantitative estimate of drug-likeness (QED) is 0.388. The summed E-state index contributed by atoms with van der Waals surface area (Å²) in [6, 6.07) is 15.2. The van der Waals surface area contributed by atoms with Crippen molar-refractivity contribution in [3.05, 3.63) is 71.5 Å². The normalized spacial score (nSPS) is 13.2. The number of nitrogens with one attached hydrogen (secondary N) is 1. The molecule has 3 aromatic heterocycles. The molecule has 0 saturated heterocycles. The Bertz CT molecular complexity index is 1250. The lowest BCUT2D eigenvalue weighted by atomic mass is 10.0. The Morgan fingerprint density at radius 2 is 2.00 bits per heavy atom. The molecule has 1 N–H and O–H groups in total. The second-order valence-electron chi connectivity index (χ2n) is 7.97. The van der Waals surface area contributed by atoms with Gasteiger partial charge in [0.15, 0.2) is 0 Å². The molecule has 1 saturated carbocycles. The number of hydrogen-bond acceptors (Lipinski definition) is 7. The highest BCUT2D eigenvalue weighted by Gasteiger charge is 2.29. The Morgan fingerprint density at radius 3 is 2.73 bits per heavy atom. The third-order valence-corrected chi connectivity index (χ3v) is 5.54. The number of nitrogens with zero attached hydrogens (tertiary/aromatic N) is 3. The van der Waals surface area contributed by atoms with Gasteiger partial charge in [-0.1, -0.05) is 41.6 Å². The van der Waals surface area contributed by atoms with Gasteiger partial charge in [0.1, 0.15) is 12.3 Å². The molecule has 3 heterocycles. The van der Waals surface area contributed by atoms with Gasteiger partial charge in [-0.15, -0.1) is 0 Å². The van der Waals surface area contributed by atoms with Gasteiger partial charge in [0.05, 0.1) is 17.6 Å². The van der Waals surface area contributed by atoms with Crippen molar-refractivity contribution in [2.75, 3.05) is 20.3 Å². The summed E-state index contributed by atoms with van der Waals surface area (Å²) in [5, 5.41) is 7.86. The van der Waals surface area contributed by atoms with Gasteiger partial charge >= 0.3 is 0 Å². The standard InChI is InChI=1S/C25H24N4O4/c1-31-11-12-32-21-10-7-16(14-26-21)15-27-24(30)19-13-20(17-8-9-17)28-25-22(19)23(29-33-25)18-5-3-2-4-6-18/h2-7,10,13-14,17H,8-9,11-12,15H2,1H3,(H,27,30). The first-order valence-corrected chi connectivity index (χ1v) is 10.9. The summed E-state index contributed by atoms with van der Waals surface area (Å²) >= 11 is 0. The van der Waals surface area contributed by atoms with Crippen LogP contribution in [0.25, 0.3) is 22.4 Å². The minimum absolute atomic E-state index is 0.204. The van der Waals surface area contributed by atoms with Crippen LogP contribution in [0.15, 0.2) is 59.3 Å². The predicted molar refractivity (Wildman–Crippen MR) is 122 cm³/mol. The van der Waals surface area contributed by atoms with E-state index in [1.165, 1.54) is 0 Å². The second kappa shape index (κ2) is 9.38. The molecule has 8 nitrogen and oxygen atoms in total. The zero-order valence-corrected chi connectivity index (χ0v) is 18.3. The average molecular weight is 444 g/mol. The number of hydrogen-bond donors (Lipinski definition) is 1. The molecular formula is C25H24N4O4. The fraction of sp³-hybridized carbons (Fsp3) is 0.280. The molecule has 0 unspecified atom stereocenters. The van der Waals surface area contributed by atoms with E-state index in [9.17, 15) is 4.79 Å². The molecule has 1 amide bonds. The predicted octanol–water partition coefficient (Wildman–Crippen LogP) is 4.12. The Labute approximate surface area is 190 Å². The Balaban J connectivity index is 1.39. The van der Waals surface area contributed by atoms with Crippen LogP contribution >= 0.6 is 0 Å². The van der Waals surface area contributed by atoms with Crippen LogP contribution in [0.4, 0.5) is 0 Å². The van der Waals surface area contributed by atoms with Crippen LogP contribution in [-0.2, 0) is 11.3 Å². The molecule has 0 atom stereocenters. The summed E-state index contributed by atoms with van der Waals surface area (Å²) in [5.74, 6) is 0.690. The number of benzene rings is 1. The first-order valence-electron chi connectivity index (χ1n) is 10.9. The van der Waals surface area contributed by atoms with Crippen LogP contribution in [0.2, 0.25) is 0 Å². The zero-order valence-electron chi connectivity index (χ0n) is 18.3. The van der Waals surface area contributed by atoms with E-state index in [4.69, 9.17) is 14.0 Å². The maximum atomic E-state index is 13.3. The summed E-state index contributed by atoms with van der Waals surface area (Å²) in [6.07, 6.45) is 3.84. The number of aromatic nitrogens is 3. The van der Waals surface area contributed by atoms with Crippen molar-refractivity contribution in [2.24, 2.45) is 0 Å². The molecular weight excluding hydrogens is 420 g/mol. The van der Waals surface area contributed by atoms with E-state index < -0.39 is 0 Å². The number of carbonyl (C=O) groups excluding carboxylic acids is 1. The third-order valence-electron chi connectivity index (χ3n) is 5.54. The monoisotopic (exact) mass is 444 g/mol. The van der Waals surface area contributed by atoms with Crippen molar-refractivity contribution in [2.45, 2.75) is 25.3 Å². The highest BCUT2D eigenvalue weighted by molar-refractivity contribution is 6.09. The lowest BCUT2D eigenvalue weighted by Gasteiger charge is -2.09. The topological polar surface area (TPSA) is 99.4 Å². The van der Waals surface area contributed by atoms with Crippen LogP contribution in [0.5, 0.6) is 5.88 Å². The molecule has 8 heteroatoms. The van der Waals surface area contributed by atoms with Crippen LogP contribution in [-0.4, -0.2) is 41.4 Å². The van der Waals surface area contributed by atoms with Gasteiger partial charge in [0, 0.05) is 43.1 Å². The highest BCUT2D eigenvalue weighted by atomic mass is 16.5. The fourth-order valence-electron chi connectivity index (χ4n) is 3.64. The lowest BCUT2D eigenvalue weighted by Crippen LogP contribution is -2.23. The summed E-state index contributed by atoms with van der Waals surface area (Å²) in [6.45, 7) is 1.26. The van der Waals surface area contributed by atoms with Gasteiger partial charge in [0.2, 0.25) is 5.88 Å². The number of carbonyl (C=O) groups is 1. The smallest absolute Gasteiger partial charge is 0.259 e. The van der Waals surface area contributed by atoms with Crippen molar-refractivity contribution < 1.29 is 18.8 Å². The molecule has 1 aromatic carbocycles. The van der Waals surface area contributed by atoms with Crippen LogP contribution < -0.4 is 10.1 Å². The van der Waals surface area contributed by atoms with E-state index in [-0.39, 0.29) is 5.91 Å². The van der Waals surface area contributed by atoms with Crippen molar-refractivity contribution in [3.8, 4) is 17.1 Å². The van der Waals surface area contributed by atoms with E-state index in [0.717, 1.165) is 29.7 Å².